The van der Waals surface area contributed by atoms with E-state index in [1.165, 1.54) is 16.7 Å². The van der Waals surface area contributed by atoms with Gasteiger partial charge in [-0.05, 0) is 44.4 Å². The number of hydrogen-bond acceptors (Lipinski definition) is 2. The van der Waals surface area contributed by atoms with Gasteiger partial charge in [0, 0.05) is 12.1 Å². The highest BCUT2D eigenvalue weighted by molar-refractivity contribution is 5.40. The minimum atomic E-state index is 0.786. The summed E-state index contributed by atoms with van der Waals surface area (Å²) in [6, 6.07) is 17.0. The lowest BCUT2D eigenvalue weighted by molar-refractivity contribution is 0.301. The van der Waals surface area contributed by atoms with E-state index in [4.69, 9.17) is 4.74 Å². The second kappa shape index (κ2) is 8.48. The molecule has 2 nitrogen and oxygen atoms in total. The van der Waals surface area contributed by atoms with Crippen molar-refractivity contribution < 1.29 is 4.74 Å². The molecule has 0 amide bonds. The fourth-order valence-corrected chi connectivity index (χ4v) is 2.50. The molecule has 0 fully saturated rings. The quantitative estimate of drug-likeness (QED) is 0.736. The molecule has 0 heterocycles. The summed E-state index contributed by atoms with van der Waals surface area (Å²) in [6.07, 6.45) is 3.38. The Morgan fingerprint density at radius 3 is 2.52 bits per heavy atom. The van der Waals surface area contributed by atoms with E-state index >= 15 is 0 Å². The topological polar surface area (TPSA) is 21.3 Å². The molecule has 2 heteroatoms. The van der Waals surface area contributed by atoms with E-state index in [1.807, 2.05) is 7.05 Å². The van der Waals surface area contributed by atoms with Gasteiger partial charge in [0.15, 0.2) is 0 Å². The van der Waals surface area contributed by atoms with Crippen LogP contribution in [0.5, 0.6) is 5.75 Å². The molecule has 2 aromatic carbocycles. The van der Waals surface area contributed by atoms with Gasteiger partial charge < -0.3 is 10.1 Å². The molecule has 0 spiro atoms. The average molecular weight is 283 g/mol. The van der Waals surface area contributed by atoms with Crippen molar-refractivity contribution in [3.05, 3.63) is 65.2 Å². The van der Waals surface area contributed by atoms with Crippen LogP contribution in [0.15, 0.2) is 48.5 Å². The van der Waals surface area contributed by atoms with Gasteiger partial charge in [0.25, 0.3) is 0 Å². The fraction of sp³-hybridized carbons (Fsp3) is 0.368. The molecular formula is C19H25NO. The summed E-state index contributed by atoms with van der Waals surface area (Å²) in [7, 11) is 1.96. The molecule has 21 heavy (non-hydrogen) atoms. The van der Waals surface area contributed by atoms with E-state index in [1.54, 1.807) is 0 Å². The highest BCUT2D eigenvalue weighted by atomic mass is 16.5. The van der Waals surface area contributed by atoms with Crippen LogP contribution in [-0.2, 0) is 13.0 Å². The van der Waals surface area contributed by atoms with Crippen LogP contribution in [0, 0.1) is 6.92 Å². The Bertz CT molecular complexity index is 537. The average Bonchev–Trinajstić information content (AvgIpc) is 2.51. The van der Waals surface area contributed by atoms with E-state index in [9.17, 15) is 0 Å². The second-order valence-corrected chi connectivity index (χ2v) is 5.38. The van der Waals surface area contributed by atoms with E-state index < -0.39 is 0 Å². The zero-order valence-electron chi connectivity index (χ0n) is 13.1. The zero-order chi connectivity index (χ0) is 14.9. The third kappa shape index (κ3) is 4.91. The normalized spacial score (nSPS) is 10.6. The highest BCUT2D eigenvalue weighted by Crippen LogP contribution is 2.23. The third-order valence-electron chi connectivity index (χ3n) is 3.61. The first-order valence-corrected chi connectivity index (χ1v) is 7.71. The van der Waals surface area contributed by atoms with Crippen molar-refractivity contribution in [2.75, 3.05) is 13.7 Å². The smallest absolute Gasteiger partial charge is 0.126 e. The number of benzene rings is 2. The number of para-hydroxylation sites is 1. The van der Waals surface area contributed by atoms with Crippen molar-refractivity contribution in [3.8, 4) is 5.75 Å². The van der Waals surface area contributed by atoms with E-state index in [0.717, 1.165) is 38.2 Å². The Labute approximate surface area is 128 Å². The predicted molar refractivity (Wildman–Crippen MR) is 88.8 cm³/mol. The van der Waals surface area contributed by atoms with Crippen LogP contribution in [0.1, 0.15) is 29.5 Å². The Morgan fingerprint density at radius 2 is 1.76 bits per heavy atom. The SMILES string of the molecule is CNCc1cccc(C)c1OCCCCc1ccccc1. The Kier molecular flexibility index (Phi) is 6.29. The van der Waals surface area contributed by atoms with Crippen LogP contribution in [0.3, 0.4) is 0 Å². The van der Waals surface area contributed by atoms with Crippen LogP contribution in [-0.4, -0.2) is 13.7 Å². The van der Waals surface area contributed by atoms with E-state index in [0.29, 0.717) is 0 Å². The van der Waals surface area contributed by atoms with Gasteiger partial charge in [0.2, 0.25) is 0 Å². The van der Waals surface area contributed by atoms with Crippen molar-refractivity contribution in [2.45, 2.75) is 32.7 Å². The minimum Gasteiger partial charge on any atom is -0.493 e. The highest BCUT2D eigenvalue weighted by Gasteiger charge is 2.06. The van der Waals surface area contributed by atoms with Gasteiger partial charge in [-0.3, -0.25) is 0 Å². The summed E-state index contributed by atoms with van der Waals surface area (Å²) < 4.78 is 6.02. The molecule has 112 valence electrons. The monoisotopic (exact) mass is 283 g/mol. The van der Waals surface area contributed by atoms with Gasteiger partial charge in [-0.2, -0.15) is 0 Å². The predicted octanol–water partition coefficient (Wildman–Crippen LogP) is 4.12. The lowest BCUT2D eigenvalue weighted by Gasteiger charge is -2.14. The van der Waals surface area contributed by atoms with Gasteiger partial charge >= 0.3 is 0 Å². The fourth-order valence-electron chi connectivity index (χ4n) is 2.50. The first-order chi connectivity index (χ1) is 10.3. The zero-order valence-corrected chi connectivity index (χ0v) is 13.1. The van der Waals surface area contributed by atoms with Gasteiger partial charge in [0.1, 0.15) is 5.75 Å². The minimum absolute atomic E-state index is 0.786. The molecule has 0 radical (unpaired) electrons. The van der Waals surface area contributed by atoms with Gasteiger partial charge in [0.05, 0.1) is 6.61 Å². The number of nitrogens with one attached hydrogen (secondary N) is 1. The van der Waals surface area contributed by atoms with Gasteiger partial charge in [-0.25, -0.2) is 0 Å². The molecule has 0 aliphatic rings. The molecule has 2 rings (SSSR count). The third-order valence-corrected chi connectivity index (χ3v) is 3.61. The van der Waals surface area contributed by atoms with Crippen molar-refractivity contribution in [3.63, 3.8) is 0 Å². The number of rotatable bonds is 8. The molecule has 0 aliphatic carbocycles. The Balaban J connectivity index is 1.78. The molecule has 1 N–H and O–H groups in total. The summed E-state index contributed by atoms with van der Waals surface area (Å²) >= 11 is 0. The van der Waals surface area contributed by atoms with E-state index in [2.05, 4.69) is 60.8 Å². The van der Waals surface area contributed by atoms with Gasteiger partial charge in [-0.1, -0.05) is 48.5 Å². The number of ether oxygens (including phenoxy) is 1. The standard InChI is InChI=1S/C19H25NO/c1-16-9-8-13-18(15-20-2)19(16)21-14-7-6-12-17-10-4-3-5-11-17/h3-5,8-11,13,20H,6-7,12,14-15H2,1-2H3. The van der Waals surface area contributed by atoms with Gasteiger partial charge in [-0.15, -0.1) is 0 Å². The Hall–Kier alpha value is -1.80. The number of unbranched alkanes of at least 4 members (excludes halogenated alkanes) is 1. The lowest BCUT2D eigenvalue weighted by atomic mass is 10.1. The second-order valence-electron chi connectivity index (χ2n) is 5.38. The molecule has 0 aromatic heterocycles. The molecule has 0 saturated heterocycles. The maximum atomic E-state index is 6.02. The molecule has 0 unspecified atom stereocenters. The summed E-state index contributed by atoms with van der Waals surface area (Å²) in [6.45, 7) is 3.74. The van der Waals surface area contributed by atoms with Crippen LogP contribution in [0.4, 0.5) is 0 Å². The maximum absolute atomic E-state index is 6.02. The molecule has 0 atom stereocenters. The van der Waals surface area contributed by atoms with Crippen molar-refractivity contribution in [1.29, 1.82) is 0 Å². The number of aryl methyl sites for hydroxylation is 2. The summed E-state index contributed by atoms with van der Waals surface area (Å²) in [5, 5.41) is 3.19. The molecule has 2 aromatic rings. The van der Waals surface area contributed by atoms with Crippen LogP contribution in [0.25, 0.3) is 0 Å². The summed E-state index contributed by atoms with van der Waals surface area (Å²) in [5.74, 6) is 1.05. The Morgan fingerprint density at radius 1 is 0.952 bits per heavy atom. The maximum Gasteiger partial charge on any atom is 0.126 e. The van der Waals surface area contributed by atoms with Crippen molar-refractivity contribution >= 4 is 0 Å². The largest absolute Gasteiger partial charge is 0.493 e. The first kappa shape index (κ1) is 15.6. The molecule has 0 bridgehead atoms. The van der Waals surface area contributed by atoms with E-state index in [-0.39, 0.29) is 0 Å². The summed E-state index contributed by atoms with van der Waals surface area (Å²) in [5.41, 5.74) is 3.86. The molecule has 0 saturated carbocycles. The lowest BCUT2D eigenvalue weighted by Crippen LogP contribution is -2.09. The van der Waals surface area contributed by atoms with Crippen LogP contribution < -0.4 is 10.1 Å². The number of hydrogen-bond donors (Lipinski definition) is 1. The van der Waals surface area contributed by atoms with Crippen molar-refractivity contribution in [1.82, 2.24) is 5.32 Å². The summed E-state index contributed by atoms with van der Waals surface area (Å²) in [4.78, 5) is 0. The molecule has 0 aliphatic heterocycles. The van der Waals surface area contributed by atoms with Crippen molar-refractivity contribution in [2.24, 2.45) is 0 Å². The van der Waals surface area contributed by atoms with Crippen LogP contribution >= 0.6 is 0 Å². The first-order valence-electron chi connectivity index (χ1n) is 7.71. The van der Waals surface area contributed by atoms with Crippen LogP contribution in [0.2, 0.25) is 0 Å². The molecular weight excluding hydrogens is 258 g/mol.